The molecule has 2 aromatic rings. The van der Waals surface area contributed by atoms with Crippen LogP contribution in [0.1, 0.15) is 5.56 Å². The van der Waals surface area contributed by atoms with Gasteiger partial charge in [0.05, 0.1) is 18.9 Å². The van der Waals surface area contributed by atoms with Crippen LogP contribution in [0.2, 0.25) is 0 Å². The Morgan fingerprint density at radius 1 is 0.850 bits per heavy atom. The van der Waals surface area contributed by atoms with Crippen molar-refractivity contribution in [1.82, 2.24) is 4.90 Å². The quantitative estimate of drug-likeness (QED) is 0.616. The summed E-state index contributed by atoms with van der Waals surface area (Å²) in [5.41, 5.74) is 2.14. The maximum absolute atomic E-state index is 5.44. The molecule has 0 spiro atoms. The van der Waals surface area contributed by atoms with Gasteiger partial charge in [-0.15, -0.1) is 0 Å². The molecule has 20 heavy (non-hydrogen) atoms. The lowest BCUT2D eigenvalue weighted by Gasteiger charge is -2.30. The van der Waals surface area contributed by atoms with Gasteiger partial charge in [0.1, 0.15) is 5.84 Å². The Bertz CT molecular complexity index is 560. The van der Waals surface area contributed by atoms with E-state index in [-0.39, 0.29) is 0 Å². The average molecular weight is 266 g/mol. The summed E-state index contributed by atoms with van der Waals surface area (Å²) in [6.07, 6.45) is 0. The van der Waals surface area contributed by atoms with E-state index in [0.29, 0.717) is 0 Å². The Balaban J connectivity index is 1.97. The molecule has 0 unspecified atom stereocenters. The summed E-state index contributed by atoms with van der Waals surface area (Å²) in [4.78, 5) is 7.14. The van der Waals surface area contributed by atoms with Crippen LogP contribution in [0.5, 0.6) is 0 Å². The molecule has 1 aliphatic heterocycles. The molecule has 3 rings (SSSR count). The number of ether oxygens (including phenoxy) is 1. The van der Waals surface area contributed by atoms with Gasteiger partial charge in [-0.2, -0.15) is 0 Å². The normalized spacial score (nSPS) is 16.2. The van der Waals surface area contributed by atoms with E-state index < -0.39 is 0 Å². The number of aliphatic imine (C=N–C) groups is 1. The van der Waals surface area contributed by atoms with Crippen molar-refractivity contribution in [1.29, 1.82) is 0 Å². The largest absolute Gasteiger partial charge is 0.378 e. The van der Waals surface area contributed by atoms with Gasteiger partial charge in [0.15, 0.2) is 0 Å². The van der Waals surface area contributed by atoms with Crippen molar-refractivity contribution in [3.05, 3.63) is 66.2 Å². The standard InChI is InChI=1S/C17H18N2O/c1-3-7-15(8-4-1)17(19-11-13-20-14-12-19)18-16-9-5-2-6-10-16/h1-10H,11-14H2. The minimum atomic E-state index is 0.765. The van der Waals surface area contributed by atoms with Gasteiger partial charge in [-0.25, -0.2) is 4.99 Å². The number of para-hydroxylation sites is 1. The zero-order valence-electron chi connectivity index (χ0n) is 11.4. The van der Waals surface area contributed by atoms with Crippen LogP contribution in [-0.4, -0.2) is 37.0 Å². The first-order valence-corrected chi connectivity index (χ1v) is 6.95. The first-order valence-electron chi connectivity index (χ1n) is 6.95. The third kappa shape index (κ3) is 3.06. The van der Waals surface area contributed by atoms with Crippen LogP contribution in [0, 0.1) is 0 Å². The molecule has 0 N–H and O–H groups in total. The van der Waals surface area contributed by atoms with E-state index in [1.165, 1.54) is 0 Å². The van der Waals surface area contributed by atoms with E-state index in [9.17, 15) is 0 Å². The molecule has 0 amide bonds. The topological polar surface area (TPSA) is 24.8 Å². The van der Waals surface area contributed by atoms with Gasteiger partial charge in [0.2, 0.25) is 0 Å². The molecule has 0 bridgehead atoms. The van der Waals surface area contributed by atoms with Crippen molar-refractivity contribution in [2.45, 2.75) is 0 Å². The lowest BCUT2D eigenvalue weighted by molar-refractivity contribution is 0.0683. The van der Waals surface area contributed by atoms with Crippen LogP contribution in [0.15, 0.2) is 65.7 Å². The summed E-state index contributed by atoms with van der Waals surface area (Å²) in [5.74, 6) is 1.03. The number of hydrogen-bond donors (Lipinski definition) is 0. The van der Waals surface area contributed by atoms with Crippen LogP contribution < -0.4 is 0 Å². The predicted octanol–water partition coefficient (Wildman–Crippen LogP) is 3.10. The van der Waals surface area contributed by atoms with Gasteiger partial charge < -0.3 is 9.64 Å². The van der Waals surface area contributed by atoms with Crippen molar-refractivity contribution in [3.63, 3.8) is 0 Å². The number of rotatable bonds is 2. The highest BCUT2D eigenvalue weighted by Crippen LogP contribution is 2.16. The second kappa shape index (κ2) is 6.35. The molecule has 1 heterocycles. The Morgan fingerprint density at radius 2 is 1.45 bits per heavy atom. The first kappa shape index (κ1) is 12.9. The molecule has 102 valence electrons. The highest BCUT2D eigenvalue weighted by Gasteiger charge is 2.16. The van der Waals surface area contributed by atoms with E-state index in [1.54, 1.807) is 0 Å². The maximum atomic E-state index is 5.44. The molecule has 3 nitrogen and oxygen atoms in total. The Kier molecular flexibility index (Phi) is 4.09. The molecule has 0 atom stereocenters. The molecular formula is C17H18N2O. The van der Waals surface area contributed by atoms with Crippen molar-refractivity contribution >= 4 is 11.5 Å². The number of nitrogens with zero attached hydrogens (tertiary/aromatic N) is 2. The minimum absolute atomic E-state index is 0.765. The van der Waals surface area contributed by atoms with Gasteiger partial charge in [-0.3, -0.25) is 0 Å². The number of benzene rings is 2. The Morgan fingerprint density at radius 3 is 2.10 bits per heavy atom. The fourth-order valence-electron chi connectivity index (χ4n) is 2.31. The van der Waals surface area contributed by atoms with Gasteiger partial charge in [0.25, 0.3) is 0 Å². The van der Waals surface area contributed by atoms with E-state index in [1.807, 2.05) is 36.4 Å². The van der Waals surface area contributed by atoms with Crippen LogP contribution in [0.3, 0.4) is 0 Å². The molecule has 2 aromatic carbocycles. The highest BCUT2D eigenvalue weighted by atomic mass is 16.5. The molecule has 1 fully saturated rings. The van der Waals surface area contributed by atoms with Gasteiger partial charge in [0, 0.05) is 18.7 Å². The second-order valence-corrected chi connectivity index (χ2v) is 4.74. The molecule has 3 heteroatoms. The first-order chi connectivity index (χ1) is 9.93. The number of hydrogen-bond acceptors (Lipinski definition) is 2. The monoisotopic (exact) mass is 266 g/mol. The third-order valence-electron chi connectivity index (χ3n) is 3.33. The van der Waals surface area contributed by atoms with Gasteiger partial charge >= 0.3 is 0 Å². The maximum Gasteiger partial charge on any atom is 0.136 e. The van der Waals surface area contributed by atoms with Gasteiger partial charge in [-0.1, -0.05) is 48.5 Å². The molecule has 0 saturated carbocycles. The Labute approximate surface area is 119 Å². The lowest BCUT2D eigenvalue weighted by atomic mass is 10.2. The summed E-state index contributed by atoms with van der Waals surface area (Å²) in [6, 6.07) is 20.5. The zero-order chi connectivity index (χ0) is 13.6. The van der Waals surface area contributed by atoms with Crippen LogP contribution in [0.25, 0.3) is 0 Å². The average Bonchev–Trinajstić information content (AvgIpc) is 2.55. The SMILES string of the molecule is c1ccc(N=C(c2ccccc2)N2CCOCC2)cc1. The smallest absolute Gasteiger partial charge is 0.136 e. The molecule has 1 saturated heterocycles. The summed E-state index contributed by atoms with van der Waals surface area (Å²) >= 11 is 0. The van der Waals surface area contributed by atoms with Crippen molar-refractivity contribution in [2.24, 2.45) is 4.99 Å². The fourth-order valence-corrected chi connectivity index (χ4v) is 2.31. The summed E-state index contributed by atoms with van der Waals surface area (Å²) in [6.45, 7) is 3.31. The molecular weight excluding hydrogens is 248 g/mol. The summed E-state index contributed by atoms with van der Waals surface area (Å²) < 4.78 is 5.44. The van der Waals surface area contributed by atoms with Crippen LogP contribution >= 0.6 is 0 Å². The molecule has 0 radical (unpaired) electrons. The lowest BCUT2D eigenvalue weighted by Crippen LogP contribution is -2.41. The second-order valence-electron chi connectivity index (χ2n) is 4.74. The summed E-state index contributed by atoms with van der Waals surface area (Å²) in [5, 5.41) is 0. The number of amidine groups is 1. The third-order valence-corrected chi connectivity index (χ3v) is 3.33. The highest BCUT2D eigenvalue weighted by molar-refractivity contribution is 6.00. The van der Waals surface area contributed by atoms with Crippen molar-refractivity contribution < 1.29 is 4.74 Å². The minimum Gasteiger partial charge on any atom is -0.378 e. The summed E-state index contributed by atoms with van der Waals surface area (Å²) in [7, 11) is 0. The number of morpholine rings is 1. The van der Waals surface area contributed by atoms with E-state index in [2.05, 4.69) is 29.2 Å². The van der Waals surface area contributed by atoms with E-state index in [4.69, 9.17) is 9.73 Å². The molecule has 0 aliphatic carbocycles. The molecule has 1 aliphatic rings. The zero-order valence-corrected chi connectivity index (χ0v) is 11.4. The Hall–Kier alpha value is -2.13. The predicted molar refractivity (Wildman–Crippen MR) is 81.5 cm³/mol. The van der Waals surface area contributed by atoms with Crippen molar-refractivity contribution in [3.8, 4) is 0 Å². The fraction of sp³-hybridized carbons (Fsp3) is 0.235. The van der Waals surface area contributed by atoms with Crippen molar-refractivity contribution in [2.75, 3.05) is 26.3 Å². The molecule has 0 aromatic heterocycles. The van der Waals surface area contributed by atoms with Crippen LogP contribution in [-0.2, 0) is 4.74 Å². The van der Waals surface area contributed by atoms with Gasteiger partial charge in [-0.05, 0) is 12.1 Å². The van der Waals surface area contributed by atoms with E-state index >= 15 is 0 Å². The van der Waals surface area contributed by atoms with Crippen LogP contribution in [0.4, 0.5) is 5.69 Å². The van der Waals surface area contributed by atoms with E-state index in [0.717, 1.165) is 43.4 Å².